The number of nitrogens with one attached hydrogen (secondary N) is 1. The predicted octanol–water partition coefficient (Wildman–Crippen LogP) is 5.24. The lowest BCUT2D eigenvalue weighted by Crippen LogP contribution is -2.19. The first-order valence-electron chi connectivity index (χ1n) is 8.35. The molecule has 1 aromatic carbocycles. The van der Waals surface area contributed by atoms with Crippen LogP contribution < -0.4 is 15.6 Å². The SMILES string of the molecule is C\C=C(/C=C(F)\C=C\F)Cn1cc(OC)c(=O)nc1Nc1ccc(Cl)cc1C. The van der Waals surface area contributed by atoms with Crippen LogP contribution in [0, 0.1) is 6.92 Å². The molecule has 0 aliphatic rings. The second-order valence-corrected chi connectivity index (χ2v) is 6.27. The monoisotopic (exact) mass is 407 g/mol. The van der Waals surface area contributed by atoms with Crippen molar-refractivity contribution in [2.45, 2.75) is 20.4 Å². The zero-order valence-electron chi connectivity index (χ0n) is 15.7. The first kappa shape index (κ1) is 21.4. The standard InChI is InChI=1S/C20H20ClF2N3O2/c1-4-14(10-16(23)7-8-22)11-26-12-18(28-3)19(27)25-20(26)24-17-6-5-15(21)9-13(17)2/h4-10,12H,11H2,1-3H3,(H,24,25,27)/b8-7+,14-4+,16-10+. The summed E-state index contributed by atoms with van der Waals surface area (Å²) < 4.78 is 32.5. The Hall–Kier alpha value is -2.93. The lowest BCUT2D eigenvalue weighted by Gasteiger charge is -2.17. The van der Waals surface area contributed by atoms with Gasteiger partial charge in [0.15, 0.2) is 0 Å². The maximum absolute atomic E-state index is 13.7. The molecule has 0 fully saturated rings. The molecule has 0 atom stereocenters. The van der Waals surface area contributed by atoms with Crippen LogP contribution in [0.5, 0.6) is 5.75 Å². The Bertz CT molecular complexity index is 997. The molecule has 0 radical (unpaired) electrons. The summed E-state index contributed by atoms with van der Waals surface area (Å²) in [5, 5.41) is 3.67. The molecule has 0 unspecified atom stereocenters. The highest BCUT2D eigenvalue weighted by Crippen LogP contribution is 2.23. The number of benzene rings is 1. The molecular weight excluding hydrogens is 388 g/mol. The first-order valence-corrected chi connectivity index (χ1v) is 8.73. The van der Waals surface area contributed by atoms with E-state index in [2.05, 4.69) is 10.3 Å². The summed E-state index contributed by atoms with van der Waals surface area (Å²) in [6, 6.07) is 5.25. The molecule has 8 heteroatoms. The number of aromatic nitrogens is 2. The molecule has 0 saturated carbocycles. The van der Waals surface area contributed by atoms with Gasteiger partial charge >= 0.3 is 5.56 Å². The molecule has 0 spiro atoms. The number of rotatable bonds is 7. The number of methoxy groups -OCH3 is 1. The highest BCUT2D eigenvalue weighted by atomic mass is 35.5. The molecule has 0 aliphatic heterocycles. The zero-order chi connectivity index (χ0) is 20.7. The van der Waals surface area contributed by atoms with Crippen molar-refractivity contribution in [2.75, 3.05) is 12.4 Å². The van der Waals surface area contributed by atoms with Gasteiger partial charge in [-0.05, 0) is 49.3 Å². The van der Waals surface area contributed by atoms with Crippen molar-refractivity contribution in [3.05, 3.63) is 81.3 Å². The minimum absolute atomic E-state index is 0.0435. The highest BCUT2D eigenvalue weighted by Gasteiger charge is 2.11. The first-order chi connectivity index (χ1) is 13.4. The van der Waals surface area contributed by atoms with Crippen molar-refractivity contribution < 1.29 is 13.5 Å². The van der Waals surface area contributed by atoms with E-state index in [0.717, 1.165) is 5.56 Å². The quantitative estimate of drug-likeness (QED) is 0.637. The molecule has 2 rings (SSSR count). The van der Waals surface area contributed by atoms with E-state index >= 15 is 0 Å². The lowest BCUT2D eigenvalue weighted by molar-refractivity contribution is 0.402. The largest absolute Gasteiger partial charge is 0.490 e. The normalized spacial score (nSPS) is 12.5. The van der Waals surface area contributed by atoms with Crippen LogP contribution >= 0.6 is 11.6 Å². The molecule has 148 valence electrons. The molecular formula is C20H20ClF2N3O2. The smallest absolute Gasteiger partial charge is 0.316 e. The minimum atomic E-state index is -0.736. The number of aryl methyl sites for hydroxylation is 1. The van der Waals surface area contributed by atoms with Gasteiger partial charge in [0.1, 0.15) is 5.83 Å². The van der Waals surface area contributed by atoms with Gasteiger partial charge in [0.05, 0.1) is 26.2 Å². The Kier molecular flexibility index (Phi) is 7.52. The second kappa shape index (κ2) is 9.85. The molecule has 5 nitrogen and oxygen atoms in total. The van der Waals surface area contributed by atoms with Crippen LogP contribution in [0.15, 0.2) is 65.1 Å². The molecule has 1 N–H and O–H groups in total. The van der Waals surface area contributed by atoms with Crippen molar-refractivity contribution in [3.63, 3.8) is 0 Å². The number of allylic oxidation sites excluding steroid dienone is 5. The topological polar surface area (TPSA) is 56.2 Å². The van der Waals surface area contributed by atoms with E-state index in [1.54, 1.807) is 35.8 Å². The van der Waals surface area contributed by atoms with Crippen LogP contribution in [-0.4, -0.2) is 16.7 Å². The number of halogens is 3. The van der Waals surface area contributed by atoms with Gasteiger partial charge in [0.2, 0.25) is 11.7 Å². The number of ether oxygens (including phenoxy) is 1. The summed E-state index contributed by atoms with van der Waals surface area (Å²) in [4.78, 5) is 16.2. The summed E-state index contributed by atoms with van der Waals surface area (Å²) in [6.45, 7) is 3.75. The fourth-order valence-corrected chi connectivity index (χ4v) is 2.65. The predicted molar refractivity (Wildman–Crippen MR) is 108 cm³/mol. The second-order valence-electron chi connectivity index (χ2n) is 5.84. The third-order valence-corrected chi connectivity index (χ3v) is 4.12. The number of nitrogens with zero attached hydrogens (tertiary/aromatic N) is 2. The lowest BCUT2D eigenvalue weighted by atomic mass is 10.2. The molecule has 0 aliphatic carbocycles. The average molecular weight is 408 g/mol. The molecule has 0 saturated heterocycles. The minimum Gasteiger partial charge on any atom is -0.490 e. The van der Waals surface area contributed by atoms with Gasteiger partial charge in [-0.25, -0.2) is 8.78 Å². The van der Waals surface area contributed by atoms with Crippen molar-refractivity contribution in [3.8, 4) is 5.75 Å². The molecule has 2 aromatic rings. The molecule has 1 aromatic heterocycles. The summed E-state index contributed by atoms with van der Waals surface area (Å²) in [7, 11) is 1.36. The Morgan fingerprint density at radius 3 is 2.79 bits per heavy atom. The fourth-order valence-electron chi connectivity index (χ4n) is 2.42. The van der Waals surface area contributed by atoms with Crippen molar-refractivity contribution in [1.82, 2.24) is 9.55 Å². The Morgan fingerprint density at radius 2 is 2.18 bits per heavy atom. The maximum Gasteiger partial charge on any atom is 0.316 e. The third kappa shape index (κ3) is 5.53. The van der Waals surface area contributed by atoms with Crippen LogP contribution in [0.1, 0.15) is 12.5 Å². The van der Waals surface area contributed by atoms with Crippen molar-refractivity contribution >= 4 is 23.2 Å². The Balaban J connectivity index is 2.46. The van der Waals surface area contributed by atoms with Crippen molar-refractivity contribution in [2.24, 2.45) is 0 Å². The number of hydrogen-bond acceptors (Lipinski definition) is 4. The van der Waals surface area contributed by atoms with Gasteiger partial charge in [0, 0.05) is 16.8 Å². The van der Waals surface area contributed by atoms with Crippen LogP contribution in [0.25, 0.3) is 0 Å². The van der Waals surface area contributed by atoms with Gasteiger partial charge in [-0.15, -0.1) is 0 Å². The summed E-state index contributed by atoms with van der Waals surface area (Å²) in [5.41, 5.74) is 1.56. The average Bonchev–Trinajstić information content (AvgIpc) is 2.65. The van der Waals surface area contributed by atoms with Crippen LogP contribution in [0.3, 0.4) is 0 Å². The fraction of sp³-hybridized carbons (Fsp3) is 0.200. The summed E-state index contributed by atoms with van der Waals surface area (Å²) in [5.74, 6) is -0.452. The summed E-state index contributed by atoms with van der Waals surface area (Å²) >= 11 is 5.98. The van der Waals surface area contributed by atoms with E-state index in [4.69, 9.17) is 16.3 Å². The Morgan fingerprint density at radius 1 is 1.43 bits per heavy atom. The summed E-state index contributed by atoms with van der Waals surface area (Å²) in [6.07, 6.45) is 5.18. The van der Waals surface area contributed by atoms with E-state index in [1.165, 1.54) is 19.4 Å². The zero-order valence-corrected chi connectivity index (χ0v) is 16.4. The Labute approximate surface area is 166 Å². The van der Waals surface area contributed by atoms with Crippen LogP contribution in [-0.2, 0) is 6.54 Å². The molecule has 28 heavy (non-hydrogen) atoms. The molecule has 0 amide bonds. The molecule has 1 heterocycles. The van der Waals surface area contributed by atoms with E-state index < -0.39 is 11.4 Å². The molecule has 0 bridgehead atoms. The third-order valence-electron chi connectivity index (χ3n) is 3.89. The van der Waals surface area contributed by atoms with Gasteiger partial charge in [-0.1, -0.05) is 17.7 Å². The van der Waals surface area contributed by atoms with E-state index in [-0.39, 0.29) is 24.6 Å². The maximum atomic E-state index is 13.7. The number of hydrogen-bond donors (Lipinski definition) is 1. The van der Waals surface area contributed by atoms with Crippen LogP contribution in [0.4, 0.5) is 20.4 Å². The highest BCUT2D eigenvalue weighted by molar-refractivity contribution is 6.30. The van der Waals surface area contributed by atoms with Gasteiger partial charge in [-0.2, -0.15) is 4.98 Å². The van der Waals surface area contributed by atoms with Gasteiger partial charge in [0.25, 0.3) is 0 Å². The van der Waals surface area contributed by atoms with Gasteiger partial charge < -0.3 is 14.6 Å². The number of anilines is 2. The van der Waals surface area contributed by atoms with Crippen LogP contribution in [0.2, 0.25) is 5.02 Å². The van der Waals surface area contributed by atoms with E-state index in [9.17, 15) is 13.6 Å². The van der Waals surface area contributed by atoms with E-state index in [1.807, 2.05) is 6.92 Å². The van der Waals surface area contributed by atoms with Gasteiger partial charge in [-0.3, -0.25) is 4.79 Å². The van der Waals surface area contributed by atoms with Crippen molar-refractivity contribution in [1.29, 1.82) is 0 Å². The van der Waals surface area contributed by atoms with E-state index in [0.29, 0.717) is 22.4 Å².